The van der Waals surface area contributed by atoms with Crippen LogP contribution in [0.4, 0.5) is 0 Å². The van der Waals surface area contributed by atoms with E-state index in [2.05, 4.69) is 0 Å². The molecule has 94 valence electrons. The summed E-state index contributed by atoms with van der Waals surface area (Å²) >= 11 is 0. The van der Waals surface area contributed by atoms with Crippen molar-refractivity contribution in [3.8, 4) is 0 Å². The van der Waals surface area contributed by atoms with Gasteiger partial charge < -0.3 is 5.73 Å². The van der Waals surface area contributed by atoms with E-state index in [1.807, 2.05) is 13.8 Å². The Balaban J connectivity index is 2.56. The zero-order valence-corrected chi connectivity index (χ0v) is 10.8. The van der Waals surface area contributed by atoms with E-state index in [0.717, 1.165) is 0 Å². The first-order chi connectivity index (χ1) is 7.33. The Kier molecular flexibility index (Phi) is 4.32. The van der Waals surface area contributed by atoms with E-state index in [9.17, 15) is 8.42 Å². The van der Waals surface area contributed by atoms with Crippen LogP contribution in [0, 0.1) is 17.2 Å². The van der Waals surface area contributed by atoms with Crippen LogP contribution in [0.3, 0.4) is 0 Å². The molecule has 1 aliphatic heterocycles. The van der Waals surface area contributed by atoms with Gasteiger partial charge in [0.2, 0.25) is 10.0 Å². The lowest BCUT2D eigenvalue weighted by Gasteiger charge is -2.31. The Morgan fingerprint density at radius 3 is 2.31 bits per heavy atom. The summed E-state index contributed by atoms with van der Waals surface area (Å²) in [5.41, 5.74) is 5.42. The van der Waals surface area contributed by atoms with E-state index in [1.165, 1.54) is 4.31 Å². The van der Waals surface area contributed by atoms with E-state index in [1.54, 1.807) is 0 Å². The number of rotatable bonds is 4. The molecule has 0 aliphatic carbocycles. The summed E-state index contributed by atoms with van der Waals surface area (Å²) in [6, 6.07) is 0. The molecule has 3 N–H and O–H groups in total. The lowest BCUT2D eigenvalue weighted by Crippen LogP contribution is -2.43. The van der Waals surface area contributed by atoms with E-state index >= 15 is 0 Å². The van der Waals surface area contributed by atoms with Crippen molar-refractivity contribution < 1.29 is 8.42 Å². The smallest absolute Gasteiger partial charge is 0.214 e. The molecule has 1 aliphatic rings. The van der Waals surface area contributed by atoms with Crippen LogP contribution in [0.2, 0.25) is 0 Å². The highest BCUT2D eigenvalue weighted by Gasteiger charge is 2.29. The number of piperidine rings is 1. The summed E-state index contributed by atoms with van der Waals surface area (Å²) < 4.78 is 25.4. The molecule has 0 unspecified atom stereocenters. The van der Waals surface area contributed by atoms with Crippen LogP contribution in [0.25, 0.3) is 0 Å². The topological polar surface area (TPSA) is 87.2 Å². The molecule has 1 rings (SSSR count). The first-order valence-corrected chi connectivity index (χ1v) is 7.25. The third-order valence-corrected chi connectivity index (χ3v) is 5.07. The van der Waals surface area contributed by atoms with Crippen molar-refractivity contribution in [1.29, 1.82) is 5.41 Å². The molecule has 0 aromatic rings. The zero-order valence-electron chi connectivity index (χ0n) is 9.94. The Hall–Kier alpha value is -0.620. The second kappa shape index (κ2) is 5.14. The lowest BCUT2D eigenvalue weighted by molar-refractivity contribution is 0.313. The Bertz CT molecular complexity index is 343. The molecule has 1 saturated heterocycles. The van der Waals surface area contributed by atoms with Gasteiger partial charge in [-0.05, 0) is 18.8 Å². The molecule has 0 spiro atoms. The number of sulfonamides is 1. The highest BCUT2D eigenvalue weighted by atomic mass is 32.2. The van der Waals surface area contributed by atoms with Gasteiger partial charge in [0.25, 0.3) is 0 Å². The number of hydrogen-bond acceptors (Lipinski definition) is 3. The van der Waals surface area contributed by atoms with Crippen LogP contribution in [-0.4, -0.2) is 37.4 Å². The monoisotopic (exact) mass is 247 g/mol. The van der Waals surface area contributed by atoms with Gasteiger partial charge in [-0.3, -0.25) is 5.41 Å². The average molecular weight is 247 g/mol. The van der Waals surface area contributed by atoms with Gasteiger partial charge in [0.05, 0.1) is 11.6 Å². The van der Waals surface area contributed by atoms with E-state index < -0.39 is 10.0 Å². The van der Waals surface area contributed by atoms with Crippen molar-refractivity contribution in [2.45, 2.75) is 26.7 Å². The normalized spacial score (nSPS) is 20.2. The largest absolute Gasteiger partial charge is 0.387 e. The van der Waals surface area contributed by atoms with Gasteiger partial charge in [0, 0.05) is 19.0 Å². The molecular formula is C10H21N3O2S. The van der Waals surface area contributed by atoms with Crippen molar-refractivity contribution in [3.63, 3.8) is 0 Å². The van der Waals surface area contributed by atoms with Gasteiger partial charge >= 0.3 is 0 Å². The Labute approximate surface area is 97.6 Å². The molecule has 5 nitrogen and oxygen atoms in total. The van der Waals surface area contributed by atoms with Crippen molar-refractivity contribution >= 4 is 15.9 Å². The van der Waals surface area contributed by atoms with E-state index in [4.69, 9.17) is 11.1 Å². The maximum absolute atomic E-state index is 11.9. The second-order valence-electron chi connectivity index (χ2n) is 4.80. The minimum absolute atomic E-state index is 0.0606. The van der Waals surface area contributed by atoms with Crippen LogP contribution < -0.4 is 5.73 Å². The summed E-state index contributed by atoms with van der Waals surface area (Å²) in [6.07, 6.45) is 1.35. The average Bonchev–Trinajstić information content (AvgIpc) is 2.16. The first kappa shape index (κ1) is 13.4. The van der Waals surface area contributed by atoms with E-state index in [0.29, 0.717) is 25.9 Å². The third-order valence-electron chi connectivity index (χ3n) is 2.83. The fraction of sp³-hybridized carbons (Fsp3) is 0.900. The molecule has 0 saturated carbocycles. The predicted molar refractivity (Wildman–Crippen MR) is 64.8 cm³/mol. The fourth-order valence-corrected chi connectivity index (χ4v) is 3.79. The minimum Gasteiger partial charge on any atom is -0.387 e. The molecule has 16 heavy (non-hydrogen) atoms. The zero-order chi connectivity index (χ0) is 12.3. The number of hydrogen-bond donors (Lipinski definition) is 2. The molecule has 1 fully saturated rings. The molecule has 0 aromatic heterocycles. The van der Waals surface area contributed by atoms with Crippen LogP contribution in [0.5, 0.6) is 0 Å². The number of amidine groups is 1. The number of nitrogens with one attached hydrogen (secondary N) is 1. The van der Waals surface area contributed by atoms with Crippen LogP contribution >= 0.6 is 0 Å². The molecule has 0 amide bonds. The summed E-state index contributed by atoms with van der Waals surface area (Å²) in [5, 5.41) is 7.33. The second-order valence-corrected chi connectivity index (χ2v) is 6.81. The fourth-order valence-electron chi connectivity index (χ4n) is 1.97. The van der Waals surface area contributed by atoms with Gasteiger partial charge in [-0.15, -0.1) is 0 Å². The third kappa shape index (κ3) is 3.45. The summed E-state index contributed by atoms with van der Waals surface area (Å²) in [5.74, 6) is 0.597. The molecule has 0 bridgehead atoms. The van der Waals surface area contributed by atoms with Gasteiger partial charge in [-0.2, -0.15) is 0 Å². The van der Waals surface area contributed by atoms with Crippen molar-refractivity contribution in [1.82, 2.24) is 4.31 Å². The lowest BCUT2D eigenvalue weighted by atomic mass is 9.97. The molecule has 0 aromatic carbocycles. The van der Waals surface area contributed by atoms with Gasteiger partial charge in [0.15, 0.2) is 0 Å². The van der Waals surface area contributed by atoms with Gasteiger partial charge in [-0.1, -0.05) is 13.8 Å². The highest BCUT2D eigenvalue weighted by molar-refractivity contribution is 7.89. The van der Waals surface area contributed by atoms with Crippen molar-refractivity contribution in [3.05, 3.63) is 0 Å². The summed E-state index contributed by atoms with van der Waals surface area (Å²) in [6.45, 7) is 4.80. The minimum atomic E-state index is -3.11. The van der Waals surface area contributed by atoms with E-state index in [-0.39, 0.29) is 23.4 Å². The standard InChI is InChI=1S/C10H21N3O2S/c1-8(2)7-16(14,15)13-5-3-9(4-6-13)10(11)12/h8-9H,3-7H2,1-2H3,(H3,11,12). The Morgan fingerprint density at radius 2 is 1.94 bits per heavy atom. The van der Waals surface area contributed by atoms with Crippen molar-refractivity contribution in [2.24, 2.45) is 17.6 Å². The Morgan fingerprint density at radius 1 is 1.44 bits per heavy atom. The molecule has 1 heterocycles. The number of nitrogens with zero attached hydrogens (tertiary/aromatic N) is 1. The van der Waals surface area contributed by atoms with Crippen LogP contribution in [-0.2, 0) is 10.0 Å². The molecular weight excluding hydrogens is 226 g/mol. The van der Waals surface area contributed by atoms with Crippen LogP contribution in [0.15, 0.2) is 0 Å². The summed E-state index contributed by atoms with van der Waals surface area (Å²) in [7, 11) is -3.11. The number of nitrogens with two attached hydrogens (primary N) is 1. The SMILES string of the molecule is CC(C)CS(=O)(=O)N1CCC(C(=N)N)CC1. The molecule has 6 heteroatoms. The highest BCUT2D eigenvalue weighted by Crippen LogP contribution is 2.20. The maximum Gasteiger partial charge on any atom is 0.214 e. The van der Waals surface area contributed by atoms with Gasteiger partial charge in [0.1, 0.15) is 0 Å². The summed E-state index contributed by atoms with van der Waals surface area (Å²) in [4.78, 5) is 0. The predicted octanol–water partition coefficient (Wildman–Crippen LogP) is 0.620. The van der Waals surface area contributed by atoms with Crippen LogP contribution in [0.1, 0.15) is 26.7 Å². The first-order valence-electron chi connectivity index (χ1n) is 5.64. The quantitative estimate of drug-likeness (QED) is 0.564. The molecule has 0 radical (unpaired) electrons. The maximum atomic E-state index is 11.9. The van der Waals surface area contributed by atoms with Crippen molar-refractivity contribution in [2.75, 3.05) is 18.8 Å². The molecule has 0 atom stereocenters. The van der Waals surface area contributed by atoms with Gasteiger partial charge in [-0.25, -0.2) is 12.7 Å².